The van der Waals surface area contributed by atoms with E-state index in [0.717, 1.165) is 153 Å². The number of phenols is 1. The Kier molecular flexibility index (Phi) is 23.4. The quantitative estimate of drug-likeness (QED) is 0.0412. The zero-order chi connectivity index (χ0) is 83.4. The van der Waals surface area contributed by atoms with Gasteiger partial charge in [0.1, 0.15) is 23.0 Å². The van der Waals surface area contributed by atoms with Crippen LogP contribution in [0.5, 0.6) is 5.75 Å². The normalized spacial score (nSPS) is 33.6. The molecular weight excluding hydrogens is 1480 g/mol. The molecule has 628 valence electrons. The van der Waals surface area contributed by atoms with Crippen LogP contribution in [-0.2, 0) is 72.3 Å². The van der Waals surface area contributed by atoms with Crippen molar-refractivity contribution in [2.24, 2.45) is 94.7 Å². The number of rotatable bonds is 18. The van der Waals surface area contributed by atoms with E-state index in [9.17, 15) is 29.4 Å². The number of carboxylic acids is 1. The van der Waals surface area contributed by atoms with Crippen molar-refractivity contribution >= 4 is 90.1 Å². The number of allylic oxidation sites excluding steroid dienone is 6. The number of carbonyl (C=O) groups is 4. The molecule has 3 aliphatic heterocycles. The SMILES string of the molecule is COC(=C1C2CC3CC(C2)CC1C3)c1ccc(/C=C/C(C)=O)c(B2OC(C)(C)C(C)(C)O2)c1.COC(=C1C2CC3CC(C2)CC1C3)c1ccc(/C=C/C(C)=O)c(C)c1.COC(=C1C2CC3CC(C2)CC1C3)c1ccc(/C=C/C(C)=O)c(O)c1.COC1(c2ccc(/C=C/C(=O)O)c(B3OC(C)(C)C(C)(C)O3)c2)OOC12C1CC3CC(C1)CC2C3. The van der Waals surface area contributed by atoms with Crippen LogP contribution < -0.4 is 10.9 Å². The van der Waals surface area contributed by atoms with Crippen LogP contribution in [0.4, 0.5) is 0 Å². The summed E-state index contributed by atoms with van der Waals surface area (Å²) in [6, 6.07) is 24.4. The van der Waals surface area contributed by atoms with E-state index in [4.69, 9.17) is 47.3 Å². The molecule has 3 saturated heterocycles. The third-order valence-corrected chi connectivity index (χ3v) is 31.5. The summed E-state index contributed by atoms with van der Waals surface area (Å²) < 4.78 is 49.7. The van der Waals surface area contributed by atoms with Crippen LogP contribution in [0.25, 0.3) is 41.6 Å². The van der Waals surface area contributed by atoms with Crippen molar-refractivity contribution < 1.29 is 76.7 Å². The number of carboxylic acid groups (broad SMARTS) is 1. The number of aliphatic carboxylic acids is 1. The zero-order valence-electron chi connectivity index (χ0n) is 72.7. The first kappa shape index (κ1) is 84.2. The highest BCUT2D eigenvalue weighted by Gasteiger charge is 2.77. The second-order valence-corrected chi connectivity index (χ2v) is 40.2. The summed E-state index contributed by atoms with van der Waals surface area (Å²) in [5.41, 5.74) is 12.6. The highest BCUT2D eigenvalue weighted by molar-refractivity contribution is 6.63. The molecule has 16 bridgehead atoms. The van der Waals surface area contributed by atoms with Gasteiger partial charge in [-0.1, -0.05) is 72.8 Å². The maximum absolute atomic E-state index is 11.6. The molecule has 1 spiro atoms. The van der Waals surface area contributed by atoms with Gasteiger partial charge in [0.15, 0.2) is 23.0 Å². The summed E-state index contributed by atoms with van der Waals surface area (Å²) in [7, 11) is 5.93. The zero-order valence-corrected chi connectivity index (χ0v) is 72.7. The average molecular weight is 1610 g/mol. The summed E-state index contributed by atoms with van der Waals surface area (Å²) >= 11 is 0. The van der Waals surface area contributed by atoms with Gasteiger partial charge in [0.2, 0.25) is 0 Å². The Bertz CT molecular complexity index is 4500. The largest absolute Gasteiger partial charge is 0.507 e. The first-order valence-corrected chi connectivity index (χ1v) is 44.4. The molecule has 0 aromatic heterocycles. The van der Waals surface area contributed by atoms with E-state index in [1.165, 1.54) is 138 Å². The monoisotopic (exact) mass is 1600 g/mol. The molecule has 2 N–H and O–H groups in total. The highest BCUT2D eigenvalue weighted by atomic mass is 17.3. The lowest BCUT2D eigenvalue weighted by molar-refractivity contribution is -0.645. The Morgan fingerprint density at radius 2 is 0.703 bits per heavy atom. The maximum atomic E-state index is 11.6. The molecule has 23 rings (SSSR count). The number of carbonyl (C=O) groups excluding carboxylic acids is 3. The number of benzene rings is 4. The number of ether oxygens (including phenoxy) is 4. The number of ketones is 3. The first-order valence-electron chi connectivity index (χ1n) is 44.4. The Hall–Kier alpha value is -7.41. The molecule has 4 aromatic rings. The minimum Gasteiger partial charge on any atom is -0.507 e. The van der Waals surface area contributed by atoms with Crippen molar-refractivity contribution in [2.45, 2.75) is 245 Å². The molecular formula is C100H126B2O16. The first-order chi connectivity index (χ1) is 56.2. The van der Waals surface area contributed by atoms with Gasteiger partial charge in [-0.3, -0.25) is 14.4 Å². The van der Waals surface area contributed by atoms with E-state index in [1.54, 1.807) is 64.0 Å². The van der Waals surface area contributed by atoms with Crippen LogP contribution in [0, 0.1) is 102 Å². The average Bonchev–Trinajstić information content (AvgIpc) is 1.45. The van der Waals surface area contributed by atoms with Crippen LogP contribution in [0.3, 0.4) is 0 Å². The second-order valence-electron chi connectivity index (χ2n) is 40.2. The number of aromatic hydroxyl groups is 1. The summed E-state index contributed by atoms with van der Waals surface area (Å²) in [5, 5.41) is 19.6. The molecule has 16 aliphatic carbocycles. The van der Waals surface area contributed by atoms with Gasteiger partial charge in [0.25, 0.3) is 5.79 Å². The summed E-state index contributed by atoms with van der Waals surface area (Å²) in [6.45, 7) is 23.1. The molecule has 0 radical (unpaired) electrons. The molecule has 19 aliphatic rings. The van der Waals surface area contributed by atoms with Crippen molar-refractivity contribution in [2.75, 3.05) is 28.4 Å². The van der Waals surface area contributed by atoms with Gasteiger partial charge in [-0.25, -0.2) is 9.68 Å². The van der Waals surface area contributed by atoms with E-state index in [-0.39, 0.29) is 23.1 Å². The van der Waals surface area contributed by atoms with Crippen molar-refractivity contribution in [3.8, 4) is 5.75 Å². The lowest BCUT2D eigenvalue weighted by atomic mass is 9.47. The predicted molar refractivity (Wildman–Crippen MR) is 463 cm³/mol. The van der Waals surface area contributed by atoms with E-state index >= 15 is 0 Å². The molecule has 16 saturated carbocycles. The third kappa shape index (κ3) is 15.9. The number of hydrogen-bond acceptors (Lipinski definition) is 15. The van der Waals surface area contributed by atoms with E-state index in [2.05, 4.69) is 71.0 Å². The molecule has 18 heteroatoms. The summed E-state index contributed by atoms with van der Waals surface area (Å²) in [5.74, 6) is 13.4. The molecule has 4 aromatic carbocycles. The minimum absolute atomic E-state index is 0.0206. The molecule has 1 unspecified atom stereocenters. The molecule has 19 fully saturated rings. The topological polar surface area (TPSA) is 201 Å². The summed E-state index contributed by atoms with van der Waals surface area (Å²) in [6.07, 6.45) is 39.2. The standard InChI is InChI=1S/C28H37BO4.C27H35BO7.C23H28O2.C22H26O3/c1-17(30)7-8-20-9-10-21(16-24(20)29-32-27(2,3)28(4,5)33-29)26(31-6)25-22-12-18-11-19(14-22)15-23(25)13-18;1-24(2)25(3,4)33-28(32-24)22-15-19(8-6-18(22)7-9-23(29)30)27(31-5)26(34-35-27)20-11-16-10-17(13-20)14-21(26)12-16;1-14-8-19(7-6-18(14)5-4-15(2)24)23(25-3)22-20-10-16-9-17(12-20)13-21(22)11-16;1-13(23)3-4-16-5-6-17(12-20(16)24)22(25-2)21-18-8-14-7-15(10-18)11-19(21)9-14/h7-10,16,18-19,22-23H,11-15H2,1-6H3;6-9,15-17,20-21H,10-14H2,1-5H3,(H,29,30);4-8,16-17,20-21H,9-13H2,1-3H3;3-6,12,14-15,18-19,24H,7-11H2,1-2H3/b8-7+,26-25?;9-7+;5-4+,23-22?;4-3+,22-21?. The highest BCUT2D eigenvalue weighted by Crippen LogP contribution is 2.70. The molecule has 16 nitrogen and oxygen atoms in total. The van der Waals surface area contributed by atoms with Crippen LogP contribution in [0.15, 0.2) is 114 Å². The Labute approximate surface area is 701 Å². The van der Waals surface area contributed by atoms with Gasteiger partial charge < -0.3 is 47.8 Å². The molecule has 1 atom stereocenters. The Morgan fingerprint density at radius 1 is 0.390 bits per heavy atom. The van der Waals surface area contributed by atoms with E-state index < -0.39 is 54.0 Å². The second kappa shape index (κ2) is 32.8. The Balaban J connectivity index is 0.000000119. The fourth-order valence-electron chi connectivity index (χ4n) is 25.5. The van der Waals surface area contributed by atoms with Gasteiger partial charge in [-0.2, -0.15) is 4.89 Å². The van der Waals surface area contributed by atoms with Crippen molar-refractivity contribution in [3.05, 3.63) is 164 Å². The third-order valence-electron chi connectivity index (χ3n) is 31.5. The van der Waals surface area contributed by atoms with Gasteiger partial charge in [-0.05, 0) is 399 Å². The van der Waals surface area contributed by atoms with Crippen molar-refractivity contribution in [3.63, 3.8) is 0 Å². The lowest BCUT2D eigenvalue weighted by Gasteiger charge is -2.68. The maximum Gasteiger partial charge on any atom is 0.495 e. The van der Waals surface area contributed by atoms with E-state index in [0.29, 0.717) is 41.1 Å². The lowest BCUT2D eigenvalue weighted by Crippen LogP contribution is -2.76. The van der Waals surface area contributed by atoms with Gasteiger partial charge in [-0.15, -0.1) is 0 Å². The Morgan fingerprint density at radius 3 is 1.03 bits per heavy atom. The number of hydrogen-bond donors (Lipinski definition) is 2. The fourth-order valence-corrected chi connectivity index (χ4v) is 25.5. The van der Waals surface area contributed by atoms with Crippen LogP contribution in [0.2, 0.25) is 0 Å². The van der Waals surface area contributed by atoms with E-state index in [1.807, 2.05) is 84.4 Å². The van der Waals surface area contributed by atoms with Gasteiger partial charge in [0.05, 0.1) is 43.7 Å². The predicted octanol–water partition coefficient (Wildman–Crippen LogP) is 19.7. The smallest absolute Gasteiger partial charge is 0.495 e. The molecule has 118 heavy (non-hydrogen) atoms. The molecule has 3 heterocycles. The van der Waals surface area contributed by atoms with Crippen molar-refractivity contribution in [1.29, 1.82) is 0 Å². The summed E-state index contributed by atoms with van der Waals surface area (Å²) in [4.78, 5) is 57.3. The van der Waals surface area contributed by atoms with Gasteiger partial charge >= 0.3 is 20.2 Å². The van der Waals surface area contributed by atoms with Crippen LogP contribution in [-0.4, -0.2) is 104 Å². The van der Waals surface area contributed by atoms with Crippen LogP contribution in [0.1, 0.15) is 255 Å². The van der Waals surface area contributed by atoms with Gasteiger partial charge in [0, 0.05) is 41.0 Å². The van der Waals surface area contributed by atoms with Crippen molar-refractivity contribution in [1.82, 2.24) is 0 Å². The number of aryl methyl sites for hydroxylation is 1. The molecule has 0 amide bonds. The minimum atomic E-state index is -1.01. The number of phenolic OH excluding ortho intramolecular Hbond substituents is 1. The fraction of sp³-hybridized carbons (Fsp3) is 0.580. The van der Waals surface area contributed by atoms with Crippen LogP contribution >= 0.6 is 0 Å². The number of methoxy groups -OCH3 is 4.